The van der Waals surface area contributed by atoms with Crippen LogP contribution in [0.25, 0.3) is 0 Å². The van der Waals surface area contributed by atoms with Crippen molar-refractivity contribution in [1.29, 1.82) is 0 Å². The average molecular weight is 506 g/mol. The monoisotopic (exact) mass is 503 g/mol. The van der Waals surface area contributed by atoms with Gasteiger partial charge in [-0.1, -0.05) is 11.6 Å². The summed E-state index contributed by atoms with van der Waals surface area (Å²) in [5.74, 6) is -0.949. The van der Waals surface area contributed by atoms with E-state index in [9.17, 15) is 8.78 Å². The maximum absolute atomic E-state index is 14.5. The van der Waals surface area contributed by atoms with Crippen LogP contribution >= 0.6 is 55.2 Å². The predicted octanol–water partition coefficient (Wildman–Crippen LogP) is 7.42. The van der Waals surface area contributed by atoms with Crippen LogP contribution in [0.2, 0.25) is 5.02 Å². The molecule has 0 aliphatic carbocycles. The van der Waals surface area contributed by atoms with E-state index >= 15 is 0 Å². The molecule has 0 radical (unpaired) electrons. The number of hydrogen-bond acceptors (Lipinski definition) is 2. The lowest BCUT2D eigenvalue weighted by molar-refractivity contribution is 0.587. The molecular formula is C18H10Br2ClF2NS. The summed E-state index contributed by atoms with van der Waals surface area (Å²) < 4.78 is 29.6. The van der Waals surface area contributed by atoms with E-state index in [0.29, 0.717) is 14.1 Å². The summed E-state index contributed by atoms with van der Waals surface area (Å²) in [5.41, 5.74) is 1.05. The Balaban J connectivity index is 2.12. The molecule has 25 heavy (non-hydrogen) atoms. The van der Waals surface area contributed by atoms with Crippen molar-refractivity contribution in [3.8, 4) is 0 Å². The molecule has 1 atom stereocenters. The molecular weight excluding hydrogens is 496 g/mol. The molecule has 1 nitrogen and oxygen atoms in total. The van der Waals surface area contributed by atoms with Crippen molar-refractivity contribution in [2.24, 2.45) is 0 Å². The van der Waals surface area contributed by atoms with Gasteiger partial charge >= 0.3 is 0 Å². The summed E-state index contributed by atoms with van der Waals surface area (Å²) in [7, 11) is 0. The van der Waals surface area contributed by atoms with Crippen molar-refractivity contribution in [3.63, 3.8) is 0 Å². The first-order valence-electron chi connectivity index (χ1n) is 7.12. The fourth-order valence-electron chi connectivity index (χ4n) is 2.29. The predicted molar refractivity (Wildman–Crippen MR) is 105 cm³/mol. The maximum atomic E-state index is 14.5. The molecule has 1 unspecified atom stereocenters. The highest BCUT2D eigenvalue weighted by Crippen LogP contribution is 2.44. The molecule has 1 heterocycles. The lowest BCUT2D eigenvalue weighted by atomic mass is 10.0. The van der Waals surface area contributed by atoms with Crippen molar-refractivity contribution in [3.05, 3.63) is 91.6 Å². The molecule has 0 aliphatic rings. The minimum absolute atomic E-state index is 0.263. The molecule has 0 saturated heterocycles. The highest BCUT2D eigenvalue weighted by Gasteiger charge is 2.23. The van der Waals surface area contributed by atoms with E-state index in [4.69, 9.17) is 11.6 Å². The number of pyridine rings is 1. The van der Waals surface area contributed by atoms with Gasteiger partial charge in [-0.3, -0.25) is 0 Å². The molecule has 2 aromatic carbocycles. The first-order chi connectivity index (χ1) is 11.9. The fourth-order valence-corrected chi connectivity index (χ4v) is 4.55. The first kappa shape index (κ1) is 18.8. The summed E-state index contributed by atoms with van der Waals surface area (Å²) in [6.07, 6.45) is 1.63. The minimum atomic E-state index is -0.484. The Morgan fingerprint density at radius 2 is 1.68 bits per heavy atom. The van der Waals surface area contributed by atoms with Crippen molar-refractivity contribution in [2.75, 3.05) is 0 Å². The van der Waals surface area contributed by atoms with E-state index in [1.807, 2.05) is 12.1 Å². The topological polar surface area (TPSA) is 12.9 Å². The van der Waals surface area contributed by atoms with Gasteiger partial charge in [0.2, 0.25) is 0 Å². The minimum Gasteiger partial charge on any atom is -0.248 e. The van der Waals surface area contributed by atoms with Gasteiger partial charge in [-0.2, -0.15) is 0 Å². The number of thioether (sulfide) groups is 1. The van der Waals surface area contributed by atoms with Gasteiger partial charge in [0, 0.05) is 26.2 Å². The molecule has 0 bridgehead atoms. The Hall–Kier alpha value is -0.950. The lowest BCUT2D eigenvalue weighted by Gasteiger charge is -2.20. The zero-order valence-corrected chi connectivity index (χ0v) is 17.3. The van der Waals surface area contributed by atoms with Gasteiger partial charge in [0.15, 0.2) is 0 Å². The largest absolute Gasteiger partial charge is 0.248 e. The van der Waals surface area contributed by atoms with Gasteiger partial charge in [0.05, 0.1) is 5.25 Å². The maximum Gasteiger partial charge on any atom is 0.128 e. The number of rotatable bonds is 4. The lowest BCUT2D eigenvalue weighted by Crippen LogP contribution is -2.03. The van der Waals surface area contributed by atoms with Gasteiger partial charge in [0.25, 0.3) is 0 Å². The van der Waals surface area contributed by atoms with Crippen LogP contribution in [-0.4, -0.2) is 4.98 Å². The number of halogens is 5. The van der Waals surface area contributed by atoms with E-state index in [1.165, 1.54) is 17.8 Å². The van der Waals surface area contributed by atoms with Crippen LogP contribution in [-0.2, 0) is 0 Å². The molecule has 0 spiro atoms. The molecule has 128 valence electrons. The molecule has 3 rings (SSSR count). The number of benzene rings is 2. The third-order valence-electron chi connectivity index (χ3n) is 3.44. The van der Waals surface area contributed by atoms with Crippen LogP contribution in [0.1, 0.15) is 16.4 Å². The van der Waals surface area contributed by atoms with Crippen LogP contribution in [0, 0.1) is 11.6 Å². The van der Waals surface area contributed by atoms with E-state index in [0.717, 1.165) is 22.6 Å². The quantitative estimate of drug-likeness (QED) is 0.270. The Morgan fingerprint density at radius 1 is 0.960 bits per heavy atom. The van der Waals surface area contributed by atoms with E-state index in [1.54, 1.807) is 24.4 Å². The summed E-state index contributed by atoms with van der Waals surface area (Å²) in [5, 5.41) is 0.149. The highest BCUT2D eigenvalue weighted by atomic mass is 79.9. The van der Waals surface area contributed by atoms with Crippen molar-refractivity contribution >= 4 is 55.2 Å². The fraction of sp³-hybridized carbons (Fsp3) is 0.0556. The molecule has 0 saturated carbocycles. The van der Waals surface area contributed by atoms with Gasteiger partial charge in [-0.05, 0) is 86.0 Å². The Morgan fingerprint density at radius 3 is 2.40 bits per heavy atom. The van der Waals surface area contributed by atoms with Gasteiger partial charge in [0.1, 0.15) is 16.2 Å². The van der Waals surface area contributed by atoms with Crippen molar-refractivity contribution in [1.82, 2.24) is 4.98 Å². The van der Waals surface area contributed by atoms with Crippen LogP contribution in [0.4, 0.5) is 8.78 Å². The number of nitrogens with zero attached hydrogens (tertiary/aromatic N) is 1. The first-order valence-corrected chi connectivity index (χ1v) is 9.96. The molecule has 1 aromatic heterocycles. The normalized spacial score (nSPS) is 12.2. The Bertz CT molecular complexity index is 855. The molecule has 3 aromatic rings. The van der Waals surface area contributed by atoms with Gasteiger partial charge in [-0.25, -0.2) is 13.8 Å². The van der Waals surface area contributed by atoms with Gasteiger partial charge < -0.3 is 0 Å². The number of aromatic nitrogens is 1. The van der Waals surface area contributed by atoms with Crippen molar-refractivity contribution in [2.45, 2.75) is 10.1 Å². The average Bonchev–Trinajstić information content (AvgIpc) is 2.59. The summed E-state index contributed by atoms with van der Waals surface area (Å²) >= 11 is 14.1. The van der Waals surface area contributed by atoms with Crippen molar-refractivity contribution < 1.29 is 8.78 Å². The van der Waals surface area contributed by atoms with E-state index in [-0.39, 0.29) is 5.56 Å². The van der Waals surface area contributed by atoms with E-state index in [2.05, 4.69) is 36.8 Å². The second-order valence-electron chi connectivity index (χ2n) is 5.15. The standard InChI is InChI=1S/C18H10Br2ClF2NS/c19-15-9-24-17(20)8-13(15)18(14-7-11(22)3-6-16(14)23)25-12-4-1-10(21)2-5-12/h1-9,18H. The SMILES string of the molecule is Fc1ccc(F)c(C(Sc2ccc(Cl)cc2)c2cc(Br)ncc2Br)c1. The summed E-state index contributed by atoms with van der Waals surface area (Å²) in [6, 6.07) is 12.5. The zero-order chi connectivity index (χ0) is 18.0. The summed E-state index contributed by atoms with van der Waals surface area (Å²) in [4.78, 5) is 5.04. The van der Waals surface area contributed by atoms with Crippen LogP contribution < -0.4 is 0 Å². The Labute approximate surface area is 170 Å². The molecule has 0 N–H and O–H groups in total. The third kappa shape index (κ3) is 4.61. The highest BCUT2D eigenvalue weighted by molar-refractivity contribution is 9.11. The van der Waals surface area contributed by atoms with E-state index < -0.39 is 16.9 Å². The molecule has 7 heteroatoms. The molecule has 0 fully saturated rings. The second-order valence-corrected chi connectivity index (χ2v) is 8.43. The Kier molecular flexibility index (Phi) is 6.15. The third-order valence-corrected chi connectivity index (χ3v) is 6.08. The van der Waals surface area contributed by atoms with Crippen LogP contribution in [0.3, 0.4) is 0 Å². The second kappa shape index (κ2) is 8.16. The zero-order valence-electron chi connectivity index (χ0n) is 12.5. The number of hydrogen-bond donors (Lipinski definition) is 0. The smallest absolute Gasteiger partial charge is 0.128 e. The van der Waals surface area contributed by atoms with Crippen LogP contribution in [0.15, 0.2) is 68.7 Å². The molecule has 0 aliphatic heterocycles. The van der Waals surface area contributed by atoms with Gasteiger partial charge in [-0.15, -0.1) is 11.8 Å². The molecule has 0 amide bonds. The van der Waals surface area contributed by atoms with Crippen LogP contribution in [0.5, 0.6) is 0 Å². The summed E-state index contributed by atoms with van der Waals surface area (Å²) in [6.45, 7) is 0.